The number of ether oxygens (including phenoxy) is 1. The molecule has 1 amide bonds. The number of methoxy groups -OCH3 is 1. The monoisotopic (exact) mass is 393 g/mol. The fourth-order valence-corrected chi connectivity index (χ4v) is 1.13. The zero-order valence-corrected chi connectivity index (χ0v) is 11.4. The summed E-state index contributed by atoms with van der Waals surface area (Å²) in [5.74, 6) is -0.856. The average Bonchev–Trinajstić information content (AvgIpc) is 2.46. The third-order valence-electron chi connectivity index (χ3n) is 1.84. The summed E-state index contributed by atoms with van der Waals surface area (Å²) in [5, 5.41) is 12.9. The van der Waals surface area contributed by atoms with Gasteiger partial charge >= 0.3 is 0 Å². The van der Waals surface area contributed by atoms with Crippen LogP contribution >= 0.6 is 0 Å². The Hall–Kier alpha value is 0.107. The molecule has 1 rings (SSSR count). The fraction of sp³-hybridized carbons (Fsp3) is 0.714. The van der Waals surface area contributed by atoms with Crippen LogP contribution in [-0.2, 0) is 53.3 Å². The Morgan fingerprint density at radius 1 is 1.47 bits per heavy atom. The zero-order chi connectivity index (χ0) is 10.0. The first-order valence-electron chi connectivity index (χ1n) is 3.79. The molecule has 1 heterocycles. The first kappa shape index (κ1) is 17.5. The van der Waals surface area contributed by atoms with Crippen molar-refractivity contribution in [2.24, 2.45) is 0 Å². The molecule has 8 heteroatoms. The van der Waals surface area contributed by atoms with Crippen molar-refractivity contribution in [3.63, 3.8) is 0 Å². The van der Waals surface area contributed by atoms with Gasteiger partial charge in [-0.2, -0.15) is 0 Å². The van der Waals surface area contributed by atoms with Gasteiger partial charge in [0.05, 0.1) is 7.11 Å². The Kier molecular flexibility index (Phi) is 8.62. The van der Waals surface area contributed by atoms with Crippen molar-refractivity contribution >= 4 is 11.9 Å². The Morgan fingerprint density at radius 2 is 2.00 bits per heavy atom. The summed E-state index contributed by atoms with van der Waals surface area (Å²) in [4.78, 5) is 22.9. The molecule has 2 atom stereocenters. The molecule has 1 fully saturated rings. The topological polar surface area (TPSA) is 80.9 Å². The van der Waals surface area contributed by atoms with Crippen molar-refractivity contribution < 1.29 is 58.4 Å². The summed E-state index contributed by atoms with van der Waals surface area (Å²) in [7, 11) is 1.24. The molecule has 1 aliphatic heterocycles. The molecule has 0 saturated carbocycles. The molecule has 1 N–H and O–H groups in total. The van der Waals surface area contributed by atoms with E-state index in [1.807, 2.05) is 0 Å². The molecular weight excluding hydrogens is 382 g/mol. The Bertz CT molecular complexity index is 239. The molecule has 2 radical (unpaired) electrons. The van der Waals surface area contributed by atoms with Gasteiger partial charge in [0, 0.05) is 58.8 Å². The smallest absolute Gasteiger partial charge is 0.289 e. The van der Waals surface area contributed by atoms with E-state index in [0.717, 1.165) is 4.90 Å². The standard InChI is InChI=1S/C7H11N2O4.2Rh/c1-4(10)9-3-5(6(11)13-2)8-7(9)12;;/h5,7,12H,3H2,1-2H3;;/q-1;;/t5-,7?;;/m0../s1. The van der Waals surface area contributed by atoms with E-state index in [1.165, 1.54) is 14.0 Å². The maximum Gasteiger partial charge on any atom is 0.289 e. The zero-order valence-electron chi connectivity index (χ0n) is 8.09. The van der Waals surface area contributed by atoms with Gasteiger partial charge in [-0.3, -0.25) is 9.59 Å². The molecule has 92 valence electrons. The summed E-state index contributed by atoms with van der Waals surface area (Å²) < 4.78 is 4.43. The summed E-state index contributed by atoms with van der Waals surface area (Å²) in [6.45, 7) is 1.39. The number of aliphatic hydroxyl groups excluding tert-OH is 1. The SMILES string of the molecule is COC(=O)[C@@H]1CN(C(C)=O)C(O)[N-]1.[Rh].[Rh]. The van der Waals surface area contributed by atoms with Crippen molar-refractivity contribution in [2.45, 2.75) is 19.3 Å². The van der Waals surface area contributed by atoms with Gasteiger partial charge in [0.15, 0.2) is 0 Å². The van der Waals surface area contributed by atoms with Gasteiger partial charge in [0.1, 0.15) is 0 Å². The summed E-state index contributed by atoms with van der Waals surface area (Å²) in [5.41, 5.74) is 0. The molecule has 0 aromatic carbocycles. The summed E-state index contributed by atoms with van der Waals surface area (Å²) in [6.07, 6.45) is -1.22. The van der Waals surface area contributed by atoms with E-state index in [9.17, 15) is 14.7 Å². The Labute approximate surface area is 113 Å². The van der Waals surface area contributed by atoms with Crippen LogP contribution in [0.2, 0.25) is 0 Å². The molecule has 0 aliphatic carbocycles. The van der Waals surface area contributed by atoms with Crippen molar-refractivity contribution in [3.05, 3.63) is 5.32 Å². The molecule has 0 aromatic rings. The van der Waals surface area contributed by atoms with Gasteiger partial charge < -0.3 is 20.1 Å². The molecule has 1 unspecified atom stereocenters. The molecule has 0 spiro atoms. The van der Waals surface area contributed by atoms with Crippen molar-refractivity contribution in [1.29, 1.82) is 0 Å². The molecule has 6 nitrogen and oxygen atoms in total. The van der Waals surface area contributed by atoms with Crippen molar-refractivity contribution in [2.75, 3.05) is 13.7 Å². The maximum absolute atomic E-state index is 11.0. The molecule has 0 aromatic heterocycles. The summed E-state index contributed by atoms with van der Waals surface area (Å²) >= 11 is 0. The molecule has 1 aliphatic rings. The largest absolute Gasteiger partial charge is 0.605 e. The van der Waals surface area contributed by atoms with E-state index in [0.29, 0.717) is 0 Å². The predicted octanol–water partition coefficient (Wildman–Crippen LogP) is -0.965. The Morgan fingerprint density at radius 3 is 2.33 bits per heavy atom. The number of hydrogen-bond donors (Lipinski definition) is 1. The van der Waals surface area contributed by atoms with Gasteiger partial charge in [-0.25, -0.2) is 0 Å². The number of carbonyl (C=O) groups is 2. The van der Waals surface area contributed by atoms with E-state index in [4.69, 9.17) is 0 Å². The van der Waals surface area contributed by atoms with E-state index >= 15 is 0 Å². The average molecular weight is 393 g/mol. The minimum atomic E-state index is -1.22. The second-order valence-corrected chi connectivity index (χ2v) is 2.71. The van der Waals surface area contributed by atoms with Crippen LogP contribution in [-0.4, -0.2) is 47.9 Å². The number of carbonyl (C=O) groups excluding carboxylic acids is 2. The quantitative estimate of drug-likeness (QED) is 0.460. The van der Waals surface area contributed by atoms with Crippen LogP contribution in [0.1, 0.15) is 6.92 Å². The van der Waals surface area contributed by atoms with Crippen LogP contribution in [0.5, 0.6) is 0 Å². The number of nitrogens with zero attached hydrogens (tertiary/aromatic N) is 2. The van der Waals surface area contributed by atoms with Gasteiger partial charge in [-0.15, -0.1) is 0 Å². The second-order valence-electron chi connectivity index (χ2n) is 2.71. The first-order valence-corrected chi connectivity index (χ1v) is 3.79. The Balaban J connectivity index is 0. The third kappa shape index (κ3) is 4.23. The molecule has 1 saturated heterocycles. The number of rotatable bonds is 1. The van der Waals surface area contributed by atoms with E-state index in [2.05, 4.69) is 10.1 Å². The molecular formula is C7H11N2O4Rh2-. The first-order chi connectivity index (χ1) is 6.06. The van der Waals surface area contributed by atoms with Crippen LogP contribution < -0.4 is 0 Å². The molecule has 0 bridgehead atoms. The van der Waals surface area contributed by atoms with Crippen LogP contribution in [0.3, 0.4) is 0 Å². The molecule has 15 heavy (non-hydrogen) atoms. The van der Waals surface area contributed by atoms with E-state index in [1.54, 1.807) is 0 Å². The van der Waals surface area contributed by atoms with Crippen molar-refractivity contribution in [3.8, 4) is 0 Å². The van der Waals surface area contributed by atoms with Crippen LogP contribution in [0.4, 0.5) is 0 Å². The fourth-order valence-electron chi connectivity index (χ4n) is 1.13. The van der Waals surface area contributed by atoms with Crippen molar-refractivity contribution in [1.82, 2.24) is 4.90 Å². The van der Waals surface area contributed by atoms with Crippen LogP contribution in [0, 0.1) is 0 Å². The summed E-state index contributed by atoms with van der Waals surface area (Å²) in [6, 6.07) is -0.760. The number of amides is 1. The number of esters is 1. The van der Waals surface area contributed by atoms with Crippen LogP contribution in [0.25, 0.3) is 5.32 Å². The maximum atomic E-state index is 11.0. The van der Waals surface area contributed by atoms with Gasteiger partial charge in [0.2, 0.25) is 5.91 Å². The third-order valence-corrected chi connectivity index (χ3v) is 1.84. The minimum absolute atomic E-state index is 0. The number of hydrogen-bond acceptors (Lipinski definition) is 4. The van der Waals surface area contributed by atoms with E-state index < -0.39 is 18.4 Å². The van der Waals surface area contributed by atoms with Gasteiger partial charge in [-0.05, 0) is 6.04 Å². The van der Waals surface area contributed by atoms with Gasteiger partial charge in [-0.1, -0.05) is 0 Å². The van der Waals surface area contributed by atoms with Gasteiger partial charge in [0.25, 0.3) is 5.97 Å². The second kappa shape index (κ2) is 7.39. The minimum Gasteiger partial charge on any atom is -0.605 e. The van der Waals surface area contributed by atoms with Crippen LogP contribution in [0.15, 0.2) is 0 Å². The number of aliphatic hydroxyl groups is 1. The predicted molar refractivity (Wildman–Crippen MR) is 42.6 cm³/mol. The van der Waals surface area contributed by atoms with E-state index in [-0.39, 0.29) is 51.4 Å². The normalized spacial score (nSPS) is 23.8.